The standard InChI is InChI=1S/C12H9Cl3N2O2S/c13-9-1-2-10(12(15)11(9)14)20(18,19)17-7-8-3-5-16-6-4-8/h1-6,17H,7H2. The molecular weight excluding hydrogens is 343 g/mol. The van der Waals surface area contributed by atoms with E-state index in [-0.39, 0.29) is 26.5 Å². The molecule has 1 N–H and O–H groups in total. The van der Waals surface area contributed by atoms with Crippen LogP contribution in [0.3, 0.4) is 0 Å². The molecule has 0 bridgehead atoms. The molecule has 1 aromatic heterocycles. The Morgan fingerprint density at radius 3 is 2.30 bits per heavy atom. The van der Waals surface area contributed by atoms with Crippen LogP contribution < -0.4 is 4.72 Å². The maximum atomic E-state index is 12.2. The largest absolute Gasteiger partial charge is 0.265 e. The molecule has 106 valence electrons. The van der Waals surface area contributed by atoms with Gasteiger partial charge in [-0.15, -0.1) is 0 Å². The van der Waals surface area contributed by atoms with Gasteiger partial charge in [0.15, 0.2) is 0 Å². The smallest absolute Gasteiger partial charge is 0.242 e. The number of benzene rings is 1. The van der Waals surface area contributed by atoms with Crippen molar-refractivity contribution in [3.8, 4) is 0 Å². The third kappa shape index (κ3) is 3.42. The van der Waals surface area contributed by atoms with Crippen molar-refractivity contribution < 1.29 is 8.42 Å². The summed E-state index contributed by atoms with van der Waals surface area (Å²) < 4.78 is 26.8. The minimum Gasteiger partial charge on any atom is -0.265 e. The number of sulfonamides is 1. The molecule has 0 aliphatic carbocycles. The second kappa shape index (κ2) is 6.28. The maximum absolute atomic E-state index is 12.2. The molecule has 20 heavy (non-hydrogen) atoms. The van der Waals surface area contributed by atoms with E-state index in [1.54, 1.807) is 24.5 Å². The summed E-state index contributed by atoms with van der Waals surface area (Å²) in [7, 11) is -3.77. The Balaban J connectivity index is 2.25. The zero-order valence-electron chi connectivity index (χ0n) is 9.98. The molecule has 0 spiro atoms. The van der Waals surface area contributed by atoms with Gasteiger partial charge in [-0.3, -0.25) is 4.98 Å². The van der Waals surface area contributed by atoms with E-state index in [4.69, 9.17) is 34.8 Å². The van der Waals surface area contributed by atoms with Crippen LogP contribution in [0.25, 0.3) is 0 Å². The van der Waals surface area contributed by atoms with Crippen molar-refractivity contribution in [1.29, 1.82) is 0 Å². The van der Waals surface area contributed by atoms with Crippen LogP contribution >= 0.6 is 34.8 Å². The SMILES string of the molecule is O=S(=O)(NCc1ccncc1)c1ccc(Cl)c(Cl)c1Cl. The fourth-order valence-corrected chi connectivity index (χ4v) is 3.47. The zero-order chi connectivity index (χ0) is 14.8. The van der Waals surface area contributed by atoms with Crippen LogP contribution in [-0.4, -0.2) is 13.4 Å². The highest BCUT2D eigenvalue weighted by molar-refractivity contribution is 7.89. The summed E-state index contributed by atoms with van der Waals surface area (Å²) in [6.45, 7) is 0.126. The quantitative estimate of drug-likeness (QED) is 0.857. The first-order valence-electron chi connectivity index (χ1n) is 5.44. The van der Waals surface area contributed by atoms with Gasteiger partial charge in [-0.05, 0) is 29.8 Å². The van der Waals surface area contributed by atoms with Crippen LogP contribution in [0.15, 0.2) is 41.6 Å². The number of nitrogens with zero attached hydrogens (tertiary/aromatic N) is 1. The Labute approximate surface area is 131 Å². The molecule has 0 saturated carbocycles. The average Bonchev–Trinajstić information content (AvgIpc) is 2.44. The molecule has 0 amide bonds. The highest BCUT2D eigenvalue weighted by atomic mass is 35.5. The van der Waals surface area contributed by atoms with Crippen LogP contribution in [-0.2, 0) is 16.6 Å². The van der Waals surface area contributed by atoms with Gasteiger partial charge in [0.25, 0.3) is 0 Å². The molecule has 1 aromatic carbocycles. The van der Waals surface area contributed by atoms with E-state index in [1.165, 1.54) is 12.1 Å². The summed E-state index contributed by atoms with van der Waals surface area (Å²) in [6.07, 6.45) is 3.16. The predicted octanol–water partition coefficient (Wildman–Crippen LogP) is 3.52. The van der Waals surface area contributed by atoms with Gasteiger partial charge in [-0.1, -0.05) is 34.8 Å². The lowest BCUT2D eigenvalue weighted by atomic mass is 10.3. The molecule has 2 aromatic rings. The molecule has 0 fully saturated rings. The molecule has 0 aliphatic rings. The van der Waals surface area contributed by atoms with E-state index >= 15 is 0 Å². The Morgan fingerprint density at radius 2 is 1.65 bits per heavy atom. The fraction of sp³-hybridized carbons (Fsp3) is 0.0833. The van der Waals surface area contributed by atoms with E-state index in [9.17, 15) is 8.42 Å². The molecule has 4 nitrogen and oxygen atoms in total. The lowest BCUT2D eigenvalue weighted by molar-refractivity contribution is 0.581. The van der Waals surface area contributed by atoms with Gasteiger partial charge in [0.05, 0.1) is 15.1 Å². The summed E-state index contributed by atoms with van der Waals surface area (Å²) in [6, 6.07) is 6.11. The second-order valence-electron chi connectivity index (χ2n) is 3.85. The van der Waals surface area contributed by atoms with Gasteiger partial charge in [0, 0.05) is 18.9 Å². The van der Waals surface area contributed by atoms with Gasteiger partial charge >= 0.3 is 0 Å². The lowest BCUT2D eigenvalue weighted by Gasteiger charge is -2.10. The van der Waals surface area contributed by atoms with Crippen LogP contribution in [0.1, 0.15) is 5.56 Å². The molecule has 1 heterocycles. The second-order valence-corrected chi connectivity index (χ2v) is 6.75. The topological polar surface area (TPSA) is 59.1 Å². The third-order valence-electron chi connectivity index (χ3n) is 2.50. The average molecular weight is 352 g/mol. The molecule has 0 radical (unpaired) electrons. The minimum absolute atomic E-state index is 0.0140. The molecule has 0 atom stereocenters. The van der Waals surface area contributed by atoms with Gasteiger partial charge < -0.3 is 0 Å². The Bertz CT molecular complexity index is 721. The predicted molar refractivity (Wildman–Crippen MR) is 79.7 cm³/mol. The first kappa shape index (κ1) is 15.5. The van der Waals surface area contributed by atoms with Crippen molar-refractivity contribution in [3.05, 3.63) is 57.3 Å². The molecule has 0 saturated heterocycles. The summed E-state index contributed by atoms with van der Waals surface area (Å²) in [5.41, 5.74) is 0.778. The highest BCUT2D eigenvalue weighted by Gasteiger charge is 2.20. The minimum atomic E-state index is -3.77. The van der Waals surface area contributed by atoms with Gasteiger partial charge in [0.1, 0.15) is 4.90 Å². The first-order valence-corrected chi connectivity index (χ1v) is 8.05. The van der Waals surface area contributed by atoms with Crippen molar-refractivity contribution in [3.63, 3.8) is 0 Å². The summed E-state index contributed by atoms with van der Waals surface area (Å²) >= 11 is 17.5. The summed E-state index contributed by atoms with van der Waals surface area (Å²) in [4.78, 5) is 3.74. The van der Waals surface area contributed by atoms with Crippen LogP contribution in [0.5, 0.6) is 0 Å². The maximum Gasteiger partial charge on any atom is 0.242 e. The van der Waals surface area contributed by atoms with Gasteiger partial charge in [-0.2, -0.15) is 0 Å². The van der Waals surface area contributed by atoms with Crippen LogP contribution in [0, 0.1) is 0 Å². The van der Waals surface area contributed by atoms with E-state index < -0.39 is 10.0 Å². The van der Waals surface area contributed by atoms with Crippen molar-refractivity contribution in [1.82, 2.24) is 9.71 Å². The van der Waals surface area contributed by atoms with Crippen molar-refractivity contribution >= 4 is 44.8 Å². The monoisotopic (exact) mass is 350 g/mol. The molecule has 0 aliphatic heterocycles. The number of pyridine rings is 1. The van der Waals surface area contributed by atoms with Crippen LogP contribution in [0.2, 0.25) is 15.1 Å². The van der Waals surface area contributed by atoms with Crippen LogP contribution in [0.4, 0.5) is 0 Å². The van der Waals surface area contributed by atoms with Gasteiger partial charge in [0.2, 0.25) is 10.0 Å². The molecule has 8 heteroatoms. The number of hydrogen-bond acceptors (Lipinski definition) is 3. The van der Waals surface area contributed by atoms with Crippen molar-refractivity contribution in [2.45, 2.75) is 11.4 Å². The number of halogens is 3. The third-order valence-corrected chi connectivity index (χ3v) is 5.35. The Hall–Kier alpha value is -0.850. The number of hydrogen-bond donors (Lipinski definition) is 1. The normalized spacial score (nSPS) is 11.6. The van der Waals surface area contributed by atoms with Crippen molar-refractivity contribution in [2.24, 2.45) is 0 Å². The van der Waals surface area contributed by atoms with E-state index in [2.05, 4.69) is 9.71 Å². The van der Waals surface area contributed by atoms with Crippen molar-refractivity contribution in [2.75, 3.05) is 0 Å². The Morgan fingerprint density at radius 1 is 1.00 bits per heavy atom. The lowest BCUT2D eigenvalue weighted by Crippen LogP contribution is -2.23. The number of nitrogens with one attached hydrogen (secondary N) is 1. The zero-order valence-corrected chi connectivity index (χ0v) is 13.1. The molecule has 0 unspecified atom stereocenters. The van der Waals surface area contributed by atoms with Gasteiger partial charge in [-0.25, -0.2) is 13.1 Å². The summed E-state index contributed by atoms with van der Waals surface area (Å²) in [5.74, 6) is 0. The highest BCUT2D eigenvalue weighted by Crippen LogP contribution is 2.34. The molecular formula is C12H9Cl3N2O2S. The first-order chi connectivity index (χ1) is 9.42. The van der Waals surface area contributed by atoms with E-state index in [0.29, 0.717) is 0 Å². The summed E-state index contributed by atoms with van der Waals surface area (Å²) in [5, 5.41) is 0.117. The van der Waals surface area contributed by atoms with E-state index in [0.717, 1.165) is 5.56 Å². The molecule has 2 rings (SSSR count). The number of rotatable bonds is 4. The Kier molecular flexibility index (Phi) is 4.88. The fourth-order valence-electron chi connectivity index (χ4n) is 1.47. The number of aromatic nitrogens is 1. The van der Waals surface area contributed by atoms with E-state index in [1.807, 2.05) is 0 Å².